The summed E-state index contributed by atoms with van der Waals surface area (Å²) in [5, 5.41) is 0. The molecule has 0 heterocycles. The Labute approximate surface area is 99.7 Å². The van der Waals surface area contributed by atoms with Gasteiger partial charge in [0, 0.05) is 18.8 Å². The lowest BCUT2D eigenvalue weighted by Crippen LogP contribution is -2.34. The molecule has 2 amide bonds. The summed E-state index contributed by atoms with van der Waals surface area (Å²) in [6, 6.07) is 7.14. The molecule has 1 rings (SSSR count). The predicted octanol–water partition coefficient (Wildman–Crippen LogP) is 0.226. The number of nitrogens with two attached hydrogens (primary N) is 2. The van der Waals surface area contributed by atoms with Crippen LogP contribution in [0.3, 0.4) is 0 Å². The summed E-state index contributed by atoms with van der Waals surface area (Å²) in [5.74, 6) is -0.829. The van der Waals surface area contributed by atoms with Crippen molar-refractivity contribution in [2.75, 3.05) is 19.3 Å². The van der Waals surface area contributed by atoms with Crippen molar-refractivity contribution in [3.63, 3.8) is 0 Å². The lowest BCUT2D eigenvalue weighted by Gasteiger charge is -2.11. The van der Waals surface area contributed by atoms with Crippen LogP contribution in [-0.4, -0.2) is 30.3 Å². The van der Waals surface area contributed by atoms with Gasteiger partial charge in [-0.2, -0.15) is 0 Å². The number of benzene rings is 1. The molecule has 0 atom stereocenters. The van der Waals surface area contributed by atoms with E-state index in [-0.39, 0.29) is 12.5 Å². The van der Waals surface area contributed by atoms with E-state index in [1.54, 1.807) is 24.3 Å². The molecule has 0 saturated heterocycles. The first-order valence-electron chi connectivity index (χ1n) is 5.06. The summed E-state index contributed by atoms with van der Waals surface area (Å²) in [6.45, 7) is -0.0971. The average Bonchev–Trinajstić information content (AvgIpc) is 2.25. The molecule has 0 bridgehead atoms. The molecule has 0 saturated carbocycles. The fourth-order valence-electron chi connectivity index (χ4n) is 1.27. The Balaban J connectivity index is 2.65. The van der Waals surface area contributed by atoms with Crippen LogP contribution in [0.1, 0.15) is 5.56 Å². The highest BCUT2D eigenvalue weighted by Crippen LogP contribution is 2.08. The third-order valence-electron chi connectivity index (χ3n) is 2.10. The third-order valence-corrected chi connectivity index (χ3v) is 2.10. The van der Waals surface area contributed by atoms with Crippen molar-refractivity contribution >= 4 is 23.6 Å². The third kappa shape index (κ3) is 4.38. The highest BCUT2D eigenvalue weighted by Gasteiger charge is 2.06. The standard InChI is InChI=1S/C12H15N3O2/c1-15(8-11(14)16)12(17)6-5-9-3-2-4-10(13)7-9/h2-7H,8,13H2,1H3,(H2,14,16)/b6-5+. The van der Waals surface area contributed by atoms with Gasteiger partial charge in [-0.25, -0.2) is 0 Å². The molecular formula is C12H15N3O2. The van der Waals surface area contributed by atoms with Gasteiger partial charge in [-0.1, -0.05) is 12.1 Å². The van der Waals surface area contributed by atoms with E-state index in [4.69, 9.17) is 11.5 Å². The van der Waals surface area contributed by atoms with Gasteiger partial charge in [0.1, 0.15) is 0 Å². The predicted molar refractivity (Wildman–Crippen MR) is 66.7 cm³/mol. The molecule has 0 aromatic heterocycles. The summed E-state index contributed by atoms with van der Waals surface area (Å²) in [7, 11) is 1.51. The number of nitrogen functional groups attached to an aromatic ring is 1. The maximum absolute atomic E-state index is 11.5. The first kappa shape index (κ1) is 12.8. The Morgan fingerprint density at radius 2 is 2.12 bits per heavy atom. The molecule has 0 aliphatic rings. The second-order valence-electron chi connectivity index (χ2n) is 3.66. The van der Waals surface area contributed by atoms with Gasteiger partial charge < -0.3 is 16.4 Å². The fourth-order valence-corrected chi connectivity index (χ4v) is 1.27. The van der Waals surface area contributed by atoms with Crippen molar-refractivity contribution in [1.29, 1.82) is 0 Å². The van der Waals surface area contributed by atoms with E-state index in [0.717, 1.165) is 5.56 Å². The molecule has 0 spiro atoms. The zero-order chi connectivity index (χ0) is 12.8. The minimum Gasteiger partial charge on any atom is -0.399 e. The molecule has 4 N–H and O–H groups in total. The largest absolute Gasteiger partial charge is 0.399 e. The van der Waals surface area contributed by atoms with Crippen LogP contribution in [0.2, 0.25) is 0 Å². The Bertz CT molecular complexity index is 455. The van der Waals surface area contributed by atoms with E-state index in [1.807, 2.05) is 6.07 Å². The molecular weight excluding hydrogens is 218 g/mol. The second kappa shape index (κ2) is 5.69. The van der Waals surface area contributed by atoms with Gasteiger partial charge in [0.05, 0.1) is 6.54 Å². The molecule has 1 aromatic carbocycles. The van der Waals surface area contributed by atoms with E-state index in [0.29, 0.717) is 5.69 Å². The van der Waals surface area contributed by atoms with Crippen molar-refractivity contribution in [3.8, 4) is 0 Å². The number of likely N-dealkylation sites (N-methyl/N-ethyl adjacent to an activating group) is 1. The molecule has 0 aliphatic carbocycles. The van der Waals surface area contributed by atoms with Crippen molar-refractivity contribution in [1.82, 2.24) is 4.90 Å². The van der Waals surface area contributed by atoms with E-state index < -0.39 is 5.91 Å². The summed E-state index contributed by atoms with van der Waals surface area (Å²) >= 11 is 0. The molecule has 0 fully saturated rings. The second-order valence-corrected chi connectivity index (χ2v) is 3.66. The number of rotatable bonds is 4. The maximum atomic E-state index is 11.5. The SMILES string of the molecule is CN(CC(N)=O)C(=O)/C=C/c1cccc(N)c1. The van der Waals surface area contributed by atoms with Crippen molar-refractivity contribution in [3.05, 3.63) is 35.9 Å². The van der Waals surface area contributed by atoms with Gasteiger partial charge in [0.15, 0.2) is 0 Å². The Morgan fingerprint density at radius 3 is 2.71 bits per heavy atom. The number of carbonyl (C=O) groups is 2. The highest BCUT2D eigenvalue weighted by atomic mass is 16.2. The van der Waals surface area contributed by atoms with E-state index in [1.165, 1.54) is 18.0 Å². The van der Waals surface area contributed by atoms with Crippen LogP contribution in [0.15, 0.2) is 30.3 Å². The van der Waals surface area contributed by atoms with Crippen LogP contribution in [0.25, 0.3) is 6.08 Å². The Kier molecular flexibility index (Phi) is 4.28. The molecule has 5 nitrogen and oxygen atoms in total. The monoisotopic (exact) mass is 233 g/mol. The molecule has 0 radical (unpaired) electrons. The van der Waals surface area contributed by atoms with Gasteiger partial charge >= 0.3 is 0 Å². The summed E-state index contributed by atoms with van der Waals surface area (Å²) in [5.41, 5.74) is 12.0. The average molecular weight is 233 g/mol. The smallest absolute Gasteiger partial charge is 0.246 e. The number of hydrogen-bond donors (Lipinski definition) is 2. The minimum atomic E-state index is -0.543. The van der Waals surface area contributed by atoms with Crippen molar-refractivity contribution < 1.29 is 9.59 Å². The molecule has 17 heavy (non-hydrogen) atoms. The zero-order valence-electron chi connectivity index (χ0n) is 9.59. The first-order chi connectivity index (χ1) is 7.99. The van der Waals surface area contributed by atoms with Crippen LogP contribution in [0.4, 0.5) is 5.69 Å². The quantitative estimate of drug-likeness (QED) is 0.576. The minimum absolute atomic E-state index is 0.0971. The van der Waals surface area contributed by atoms with Gasteiger partial charge in [0.2, 0.25) is 11.8 Å². The number of hydrogen-bond acceptors (Lipinski definition) is 3. The molecule has 1 aromatic rings. The number of anilines is 1. The zero-order valence-corrected chi connectivity index (χ0v) is 9.59. The highest BCUT2D eigenvalue weighted by molar-refractivity contribution is 5.94. The number of primary amides is 1. The van der Waals surface area contributed by atoms with Crippen LogP contribution >= 0.6 is 0 Å². The van der Waals surface area contributed by atoms with E-state index in [9.17, 15) is 9.59 Å². The summed E-state index contributed by atoms with van der Waals surface area (Å²) in [4.78, 5) is 23.4. The van der Waals surface area contributed by atoms with Crippen molar-refractivity contribution in [2.45, 2.75) is 0 Å². The van der Waals surface area contributed by atoms with Crippen molar-refractivity contribution in [2.24, 2.45) is 5.73 Å². The number of amides is 2. The van der Waals surface area contributed by atoms with Gasteiger partial charge in [-0.05, 0) is 23.8 Å². The molecule has 0 aliphatic heterocycles. The molecule has 5 heteroatoms. The lowest BCUT2D eigenvalue weighted by molar-refractivity contribution is -0.129. The normalized spacial score (nSPS) is 10.4. The van der Waals surface area contributed by atoms with Gasteiger partial charge in [0.25, 0.3) is 0 Å². The van der Waals surface area contributed by atoms with Gasteiger partial charge in [-0.3, -0.25) is 9.59 Å². The van der Waals surface area contributed by atoms with Crippen LogP contribution in [0, 0.1) is 0 Å². The Morgan fingerprint density at radius 1 is 1.41 bits per heavy atom. The first-order valence-corrected chi connectivity index (χ1v) is 5.06. The topological polar surface area (TPSA) is 89.4 Å². The maximum Gasteiger partial charge on any atom is 0.246 e. The number of carbonyl (C=O) groups excluding carboxylic acids is 2. The summed E-state index contributed by atoms with van der Waals surface area (Å²) < 4.78 is 0. The lowest BCUT2D eigenvalue weighted by atomic mass is 10.2. The Hall–Kier alpha value is -2.30. The summed E-state index contributed by atoms with van der Waals surface area (Å²) in [6.07, 6.45) is 3.01. The van der Waals surface area contributed by atoms with Crippen LogP contribution < -0.4 is 11.5 Å². The molecule has 0 unspecified atom stereocenters. The fraction of sp³-hybridized carbons (Fsp3) is 0.167. The van der Waals surface area contributed by atoms with E-state index >= 15 is 0 Å². The van der Waals surface area contributed by atoms with Gasteiger partial charge in [-0.15, -0.1) is 0 Å². The molecule has 90 valence electrons. The van der Waals surface area contributed by atoms with E-state index in [2.05, 4.69) is 0 Å². The number of nitrogens with zero attached hydrogens (tertiary/aromatic N) is 1. The van der Waals surface area contributed by atoms with Crippen LogP contribution in [0.5, 0.6) is 0 Å². The van der Waals surface area contributed by atoms with Crippen LogP contribution in [-0.2, 0) is 9.59 Å².